The van der Waals surface area contributed by atoms with E-state index in [1.807, 2.05) is 0 Å². The molecule has 0 aliphatic rings. The van der Waals surface area contributed by atoms with Crippen molar-refractivity contribution in [1.82, 2.24) is 9.55 Å². The molecule has 0 aliphatic heterocycles. The van der Waals surface area contributed by atoms with Crippen LogP contribution in [-0.2, 0) is 11.3 Å². The minimum atomic E-state index is -0.490. The van der Waals surface area contributed by atoms with Gasteiger partial charge in [0, 0.05) is 18.1 Å². The van der Waals surface area contributed by atoms with Gasteiger partial charge in [0.05, 0.1) is 10.7 Å². The quantitative estimate of drug-likeness (QED) is 0.823. The van der Waals surface area contributed by atoms with Crippen LogP contribution in [0.5, 0.6) is 0 Å². The van der Waals surface area contributed by atoms with E-state index in [2.05, 4.69) is 10.3 Å². The van der Waals surface area contributed by atoms with Gasteiger partial charge in [-0.1, -0.05) is 11.6 Å². The molecule has 1 aromatic carbocycles. The fraction of sp³-hybridized carbons (Fsp3) is 0.0833. The van der Waals surface area contributed by atoms with Crippen LogP contribution in [0, 0.1) is 0 Å². The van der Waals surface area contributed by atoms with E-state index in [1.54, 1.807) is 24.3 Å². The molecule has 0 unspecified atom stereocenters. The van der Waals surface area contributed by atoms with Crippen molar-refractivity contribution in [2.24, 2.45) is 0 Å². The van der Waals surface area contributed by atoms with Gasteiger partial charge in [0.2, 0.25) is 5.91 Å². The third kappa shape index (κ3) is 3.32. The lowest BCUT2D eigenvalue weighted by Crippen LogP contribution is -2.28. The average Bonchev–Trinajstić information content (AvgIpc) is 2.37. The number of aromatic nitrogens is 2. The normalized spacial score (nSPS) is 10.2. The Balaban J connectivity index is 2.12. The number of nitrogens with two attached hydrogens (primary N) is 1. The molecule has 0 aliphatic carbocycles. The zero-order valence-electron chi connectivity index (χ0n) is 9.84. The third-order valence-corrected chi connectivity index (χ3v) is 2.69. The van der Waals surface area contributed by atoms with Crippen molar-refractivity contribution in [2.45, 2.75) is 6.54 Å². The van der Waals surface area contributed by atoms with Crippen molar-refractivity contribution < 1.29 is 4.79 Å². The molecule has 1 amide bonds. The van der Waals surface area contributed by atoms with E-state index in [1.165, 1.54) is 17.0 Å². The lowest BCUT2D eigenvalue weighted by atomic mass is 10.3. The molecule has 0 saturated heterocycles. The summed E-state index contributed by atoms with van der Waals surface area (Å²) in [6.45, 7) is -0.141. The number of nitrogens with zero attached hydrogens (tertiary/aromatic N) is 2. The van der Waals surface area contributed by atoms with Crippen LogP contribution < -0.4 is 16.7 Å². The molecule has 6 nitrogen and oxygen atoms in total. The third-order valence-electron chi connectivity index (χ3n) is 2.36. The molecule has 1 aromatic heterocycles. The van der Waals surface area contributed by atoms with Crippen LogP contribution in [-0.4, -0.2) is 15.5 Å². The van der Waals surface area contributed by atoms with E-state index >= 15 is 0 Å². The van der Waals surface area contributed by atoms with Gasteiger partial charge in [0.15, 0.2) is 0 Å². The molecule has 0 spiro atoms. The summed E-state index contributed by atoms with van der Waals surface area (Å²) in [7, 11) is 0. The predicted molar refractivity (Wildman–Crippen MR) is 73.0 cm³/mol. The molecule has 98 valence electrons. The van der Waals surface area contributed by atoms with Gasteiger partial charge < -0.3 is 11.1 Å². The topological polar surface area (TPSA) is 90.0 Å². The first kappa shape index (κ1) is 13.1. The Labute approximate surface area is 113 Å². The molecule has 3 N–H and O–H groups in total. The van der Waals surface area contributed by atoms with E-state index in [0.717, 1.165) is 0 Å². The summed E-state index contributed by atoms with van der Waals surface area (Å²) >= 11 is 5.92. The molecule has 1 heterocycles. The van der Waals surface area contributed by atoms with Gasteiger partial charge in [0.1, 0.15) is 6.54 Å². The summed E-state index contributed by atoms with van der Waals surface area (Å²) in [6, 6.07) is 6.33. The highest BCUT2D eigenvalue weighted by Gasteiger charge is 2.08. The molecule has 19 heavy (non-hydrogen) atoms. The number of rotatable bonds is 3. The zero-order chi connectivity index (χ0) is 13.8. The number of nitrogen functional groups attached to an aromatic ring is 1. The summed E-state index contributed by atoms with van der Waals surface area (Å²) in [6.07, 6.45) is 2.85. The number of benzene rings is 1. The molecule has 0 bridgehead atoms. The maximum atomic E-state index is 11.8. The van der Waals surface area contributed by atoms with Crippen LogP contribution in [0.4, 0.5) is 11.4 Å². The largest absolute Gasteiger partial charge is 0.399 e. The van der Waals surface area contributed by atoms with Crippen molar-refractivity contribution >= 4 is 28.9 Å². The molecule has 0 atom stereocenters. The van der Waals surface area contributed by atoms with Crippen LogP contribution in [0.2, 0.25) is 5.02 Å². The number of hydrogen-bond acceptors (Lipinski definition) is 4. The van der Waals surface area contributed by atoms with Crippen molar-refractivity contribution in [1.29, 1.82) is 0 Å². The number of hydrogen-bond donors (Lipinski definition) is 2. The Morgan fingerprint density at radius 3 is 3.00 bits per heavy atom. The molecular formula is C12H11ClN4O2. The summed E-state index contributed by atoms with van der Waals surface area (Å²) in [5.74, 6) is -0.386. The highest BCUT2D eigenvalue weighted by molar-refractivity contribution is 6.33. The van der Waals surface area contributed by atoms with Crippen LogP contribution in [0.15, 0.2) is 41.5 Å². The molecule has 0 radical (unpaired) electrons. The summed E-state index contributed by atoms with van der Waals surface area (Å²) in [5.41, 5.74) is 6.01. The average molecular weight is 279 g/mol. The van der Waals surface area contributed by atoms with Gasteiger partial charge in [0.25, 0.3) is 0 Å². The molecule has 2 aromatic rings. The van der Waals surface area contributed by atoms with Crippen molar-refractivity contribution in [3.63, 3.8) is 0 Å². The monoisotopic (exact) mass is 278 g/mol. The van der Waals surface area contributed by atoms with E-state index < -0.39 is 5.69 Å². The Morgan fingerprint density at radius 1 is 1.47 bits per heavy atom. The van der Waals surface area contributed by atoms with Gasteiger partial charge in [-0.05, 0) is 24.3 Å². The second kappa shape index (κ2) is 5.53. The fourth-order valence-corrected chi connectivity index (χ4v) is 1.66. The van der Waals surface area contributed by atoms with Gasteiger partial charge >= 0.3 is 5.69 Å². The van der Waals surface area contributed by atoms with Gasteiger partial charge in [-0.2, -0.15) is 0 Å². The van der Waals surface area contributed by atoms with Crippen molar-refractivity contribution in [3.8, 4) is 0 Å². The minimum absolute atomic E-state index is 0.141. The summed E-state index contributed by atoms with van der Waals surface area (Å²) in [5, 5.41) is 2.96. The molecule has 0 fully saturated rings. The summed E-state index contributed by atoms with van der Waals surface area (Å²) < 4.78 is 1.19. The minimum Gasteiger partial charge on any atom is -0.399 e. The van der Waals surface area contributed by atoms with E-state index in [-0.39, 0.29) is 12.5 Å². The zero-order valence-corrected chi connectivity index (χ0v) is 10.6. The SMILES string of the molecule is Nc1ccc(Cl)c(NC(=O)Cn2cccnc2=O)c1. The maximum Gasteiger partial charge on any atom is 0.347 e. The van der Waals surface area contributed by atoms with Crippen LogP contribution in [0.3, 0.4) is 0 Å². The number of nitrogens with one attached hydrogen (secondary N) is 1. The Kier molecular flexibility index (Phi) is 3.82. The number of carbonyl (C=O) groups is 1. The lowest BCUT2D eigenvalue weighted by molar-refractivity contribution is -0.116. The second-order valence-corrected chi connectivity index (χ2v) is 4.22. The fourth-order valence-electron chi connectivity index (χ4n) is 1.49. The van der Waals surface area contributed by atoms with Gasteiger partial charge in [-0.15, -0.1) is 0 Å². The molecule has 0 saturated carbocycles. The van der Waals surface area contributed by atoms with Gasteiger partial charge in [-0.25, -0.2) is 9.78 Å². The standard InChI is InChI=1S/C12H11ClN4O2/c13-9-3-2-8(14)6-10(9)16-11(18)7-17-5-1-4-15-12(17)19/h1-6H,7,14H2,(H,16,18). The van der Waals surface area contributed by atoms with Crippen molar-refractivity contribution in [3.05, 3.63) is 52.2 Å². The van der Waals surface area contributed by atoms with E-state index in [4.69, 9.17) is 17.3 Å². The van der Waals surface area contributed by atoms with E-state index in [0.29, 0.717) is 16.4 Å². The number of anilines is 2. The first-order chi connectivity index (χ1) is 9.06. The van der Waals surface area contributed by atoms with Crippen LogP contribution in [0.25, 0.3) is 0 Å². The number of amides is 1. The van der Waals surface area contributed by atoms with Gasteiger partial charge in [-0.3, -0.25) is 9.36 Å². The van der Waals surface area contributed by atoms with Crippen LogP contribution in [0.1, 0.15) is 0 Å². The molecule has 2 rings (SSSR count). The molecule has 7 heteroatoms. The summed E-state index contributed by atoms with van der Waals surface area (Å²) in [4.78, 5) is 26.7. The number of halogens is 1. The highest BCUT2D eigenvalue weighted by atomic mass is 35.5. The molecular weight excluding hydrogens is 268 g/mol. The Morgan fingerprint density at radius 2 is 2.26 bits per heavy atom. The maximum absolute atomic E-state index is 11.8. The Bertz CT molecular complexity index is 669. The number of carbonyl (C=O) groups excluding carboxylic acids is 1. The lowest BCUT2D eigenvalue weighted by Gasteiger charge is -2.08. The highest BCUT2D eigenvalue weighted by Crippen LogP contribution is 2.23. The smallest absolute Gasteiger partial charge is 0.347 e. The predicted octanol–water partition coefficient (Wildman–Crippen LogP) is 1.12. The second-order valence-electron chi connectivity index (χ2n) is 3.82. The Hall–Kier alpha value is -2.34. The van der Waals surface area contributed by atoms with Crippen LogP contribution >= 0.6 is 11.6 Å². The van der Waals surface area contributed by atoms with Crippen molar-refractivity contribution in [2.75, 3.05) is 11.1 Å². The first-order valence-corrected chi connectivity index (χ1v) is 5.80. The first-order valence-electron chi connectivity index (χ1n) is 5.42. The van der Waals surface area contributed by atoms with E-state index in [9.17, 15) is 9.59 Å².